The van der Waals surface area contributed by atoms with Crippen LogP contribution in [0.4, 0.5) is 5.82 Å². The minimum Gasteiger partial charge on any atom is -0.366 e. The third-order valence-corrected chi connectivity index (χ3v) is 2.62. The lowest BCUT2D eigenvalue weighted by Gasteiger charge is -2.06. The fraction of sp³-hybridized carbons (Fsp3) is 0.333. The number of hydrogen-bond donors (Lipinski definition) is 2. The van der Waals surface area contributed by atoms with Crippen LogP contribution in [-0.2, 0) is 6.54 Å². The van der Waals surface area contributed by atoms with Crippen LogP contribution in [0.15, 0.2) is 18.2 Å². The van der Waals surface area contributed by atoms with Crippen molar-refractivity contribution in [2.45, 2.75) is 27.3 Å². The Bertz CT molecular complexity index is 468. The zero-order chi connectivity index (χ0) is 11.5. The van der Waals surface area contributed by atoms with Crippen LogP contribution in [0.2, 0.25) is 0 Å². The molecule has 2 rings (SSSR count). The maximum Gasteiger partial charge on any atom is 0.126 e. The molecule has 2 aromatic heterocycles. The molecular weight excluding hydrogens is 200 g/mol. The molecule has 0 saturated carbocycles. The van der Waals surface area contributed by atoms with Crippen LogP contribution < -0.4 is 5.32 Å². The van der Waals surface area contributed by atoms with E-state index in [2.05, 4.69) is 20.5 Å². The number of nitrogens with zero attached hydrogens (tertiary/aromatic N) is 2. The molecule has 0 radical (unpaired) electrons. The van der Waals surface area contributed by atoms with Gasteiger partial charge in [-0.15, -0.1) is 0 Å². The summed E-state index contributed by atoms with van der Waals surface area (Å²) < 4.78 is 0. The summed E-state index contributed by atoms with van der Waals surface area (Å²) in [6, 6.07) is 5.96. The lowest BCUT2D eigenvalue weighted by Crippen LogP contribution is -2.03. The van der Waals surface area contributed by atoms with Crippen molar-refractivity contribution in [1.29, 1.82) is 0 Å². The first-order valence-corrected chi connectivity index (χ1v) is 5.35. The zero-order valence-corrected chi connectivity index (χ0v) is 9.83. The lowest BCUT2D eigenvalue weighted by molar-refractivity contribution is 1.02. The molecule has 0 spiro atoms. The van der Waals surface area contributed by atoms with E-state index in [4.69, 9.17) is 0 Å². The second-order valence-electron chi connectivity index (χ2n) is 3.93. The van der Waals surface area contributed by atoms with Gasteiger partial charge in [0.15, 0.2) is 0 Å². The van der Waals surface area contributed by atoms with E-state index < -0.39 is 0 Å². The van der Waals surface area contributed by atoms with Gasteiger partial charge in [-0.05, 0) is 32.9 Å². The largest absolute Gasteiger partial charge is 0.366 e. The minimum absolute atomic E-state index is 0.755. The number of aryl methyl sites for hydroxylation is 3. The Hall–Kier alpha value is -1.84. The standard InChI is InChI=1S/C12H16N4/c1-8-5-4-6-12(14-8)13-7-11-9(2)15-16-10(11)3/h4-6H,7H2,1-3H3,(H,13,14)(H,15,16). The Morgan fingerprint density at radius 1 is 1.25 bits per heavy atom. The van der Waals surface area contributed by atoms with Gasteiger partial charge in [-0.1, -0.05) is 6.07 Å². The van der Waals surface area contributed by atoms with E-state index in [1.807, 2.05) is 39.0 Å². The molecule has 84 valence electrons. The molecule has 0 amide bonds. The van der Waals surface area contributed by atoms with E-state index >= 15 is 0 Å². The molecular formula is C12H16N4. The Kier molecular flexibility index (Phi) is 2.90. The lowest BCUT2D eigenvalue weighted by atomic mass is 10.2. The minimum atomic E-state index is 0.755. The highest BCUT2D eigenvalue weighted by Gasteiger charge is 2.05. The molecule has 0 aliphatic carbocycles. The molecule has 0 aliphatic heterocycles. The van der Waals surface area contributed by atoms with Gasteiger partial charge in [0, 0.05) is 23.5 Å². The molecule has 2 aromatic rings. The van der Waals surface area contributed by atoms with Crippen LogP contribution in [-0.4, -0.2) is 15.2 Å². The normalized spacial score (nSPS) is 10.4. The van der Waals surface area contributed by atoms with E-state index in [9.17, 15) is 0 Å². The number of anilines is 1. The van der Waals surface area contributed by atoms with Crippen molar-refractivity contribution in [2.24, 2.45) is 0 Å². The molecule has 0 bridgehead atoms. The monoisotopic (exact) mass is 216 g/mol. The first-order chi connectivity index (χ1) is 7.66. The Balaban J connectivity index is 2.08. The van der Waals surface area contributed by atoms with Crippen molar-refractivity contribution in [3.05, 3.63) is 40.8 Å². The number of rotatable bonds is 3. The van der Waals surface area contributed by atoms with Crippen LogP contribution in [0.1, 0.15) is 22.6 Å². The number of pyridine rings is 1. The third kappa shape index (κ3) is 2.21. The van der Waals surface area contributed by atoms with Gasteiger partial charge in [-0.2, -0.15) is 5.10 Å². The van der Waals surface area contributed by atoms with Crippen LogP contribution in [0.3, 0.4) is 0 Å². The number of hydrogen-bond acceptors (Lipinski definition) is 3. The van der Waals surface area contributed by atoms with E-state index in [0.717, 1.165) is 29.4 Å². The maximum atomic E-state index is 4.39. The molecule has 16 heavy (non-hydrogen) atoms. The van der Waals surface area contributed by atoms with Gasteiger partial charge >= 0.3 is 0 Å². The summed E-state index contributed by atoms with van der Waals surface area (Å²) >= 11 is 0. The van der Waals surface area contributed by atoms with Crippen molar-refractivity contribution in [2.75, 3.05) is 5.32 Å². The van der Waals surface area contributed by atoms with Crippen molar-refractivity contribution in [1.82, 2.24) is 15.2 Å². The average molecular weight is 216 g/mol. The molecule has 0 saturated heterocycles. The summed E-state index contributed by atoms with van der Waals surface area (Å²) in [6.45, 7) is 6.77. The smallest absolute Gasteiger partial charge is 0.126 e. The summed E-state index contributed by atoms with van der Waals surface area (Å²) in [4.78, 5) is 4.39. The Labute approximate surface area is 95.1 Å². The van der Waals surface area contributed by atoms with Crippen molar-refractivity contribution >= 4 is 5.82 Å². The van der Waals surface area contributed by atoms with E-state index in [-0.39, 0.29) is 0 Å². The van der Waals surface area contributed by atoms with Crippen LogP contribution in [0.25, 0.3) is 0 Å². The predicted molar refractivity (Wildman–Crippen MR) is 64.4 cm³/mol. The molecule has 0 aromatic carbocycles. The highest BCUT2D eigenvalue weighted by atomic mass is 15.1. The van der Waals surface area contributed by atoms with Gasteiger partial charge < -0.3 is 5.32 Å². The van der Waals surface area contributed by atoms with Gasteiger partial charge in [-0.3, -0.25) is 5.10 Å². The zero-order valence-electron chi connectivity index (χ0n) is 9.83. The van der Waals surface area contributed by atoms with Gasteiger partial charge in [-0.25, -0.2) is 4.98 Å². The summed E-state index contributed by atoms with van der Waals surface area (Å²) in [5.41, 5.74) is 4.38. The topological polar surface area (TPSA) is 53.6 Å². The molecule has 0 aliphatic rings. The number of nitrogens with one attached hydrogen (secondary N) is 2. The molecule has 0 unspecified atom stereocenters. The number of aromatic nitrogens is 3. The van der Waals surface area contributed by atoms with Crippen LogP contribution in [0, 0.1) is 20.8 Å². The summed E-state index contributed by atoms with van der Waals surface area (Å²) in [7, 11) is 0. The van der Waals surface area contributed by atoms with E-state index in [1.54, 1.807) is 0 Å². The van der Waals surface area contributed by atoms with Gasteiger partial charge in [0.05, 0.1) is 5.69 Å². The molecule has 4 heteroatoms. The second-order valence-corrected chi connectivity index (χ2v) is 3.93. The Morgan fingerprint density at radius 3 is 2.69 bits per heavy atom. The first kappa shape index (κ1) is 10.7. The highest BCUT2D eigenvalue weighted by molar-refractivity contribution is 5.37. The molecule has 4 nitrogen and oxygen atoms in total. The predicted octanol–water partition coefficient (Wildman–Crippen LogP) is 2.34. The van der Waals surface area contributed by atoms with Crippen molar-refractivity contribution < 1.29 is 0 Å². The first-order valence-electron chi connectivity index (χ1n) is 5.35. The molecule has 0 atom stereocenters. The quantitative estimate of drug-likeness (QED) is 0.828. The van der Waals surface area contributed by atoms with Crippen LogP contribution in [0.5, 0.6) is 0 Å². The summed E-state index contributed by atoms with van der Waals surface area (Å²) in [5.74, 6) is 0.903. The molecule has 2 N–H and O–H groups in total. The highest BCUT2D eigenvalue weighted by Crippen LogP contribution is 2.12. The number of H-pyrrole nitrogens is 1. The van der Waals surface area contributed by atoms with Crippen molar-refractivity contribution in [3.63, 3.8) is 0 Å². The second kappa shape index (κ2) is 4.35. The van der Waals surface area contributed by atoms with E-state index in [1.165, 1.54) is 5.56 Å². The fourth-order valence-electron chi connectivity index (χ4n) is 1.65. The van der Waals surface area contributed by atoms with Crippen LogP contribution >= 0.6 is 0 Å². The van der Waals surface area contributed by atoms with Gasteiger partial charge in [0.1, 0.15) is 5.82 Å². The van der Waals surface area contributed by atoms with Gasteiger partial charge in [0.25, 0.3) is 0 Å². The van der Waals surface area contributed by atoms with E-state index in [0.29, 0.717) is 0 Å². The molecule has 0 fully saturated rings. The number of aromatic amines is 1. The summed E-state index contributed by atoms with van der Waals surface area (Å²) in [5, 5.41) is 10.4. The average Bonchev–Trinajstić information content (AvgIpc) is 2.56. The third-order valence-electron chi connectivity index (χ3n) is 2.62. The molecule has 2 heterocycles. The van der Waals surface area contributed by atoms with Gasteiger partial charge in [0.2, 0.25) is 0 Å². The van der Waals surface area contributed by atoms with Crippen molar-refractivity contribution in [3.8, 4) is 0 Å². The summed E-state index contributed by atoms with van der Waals surface area (Å²) in [6.07, 6.45) is 0. The Morgan fingerprint density at radius 2 is 2.06 bits per heavy atom. The SMILES string of the molecule is Cc1cccc(NCc2c(C)n[nH]c2C)n1. The fourth-order valence-corrected chi connectivity index (χ4v) is 1.65. The maximum absolute atomic E-state index is 4.39.